The van der Waals surface area contributed by atoms with E-state index in [9.17, 15) is 4.79 Å². The van der Waals surface area contributed by atoms with Crippen molar-refractivity contribution in [1.82, 2.24) is 20.2 Å². The number of Topliss-reactive ketones (excluding diaryl/α,β-unsaturated/α-hetero) is 1. The zero-order chi connectivity index (χ0) is 18.0. The van der Waals surface area contributed by atoms with E-state index in [0.29, 0.717) is 22.0 Å². The van der Waals surface area contributed by atoms with Gasteiger partial charge >= 0.3 is 0 Å². The van der Waals surface area contributed by atoms with Crippen molar-refractivity contribution in [2.24, 2.45) is 0 Å². The quantitative estimate of drug-likeness (QED) is 0.659. The highest BCUT2D eigenvalue weighted by atomic mass is 35.5. The normalized spacial score (nSPS) is 11.5. The third kappa shape index (κ3) is 3.94. The Morgan fingerprint density at radius 1 is 1.08 bits per heavy atom. The van der Waals surface area contributed by atoms with E-state index in [2.05, 4.69) is 36.2 Å². The highest BCUT2D eigenvalue weighted by Gasteiger charge is 2.16. The standard InChI is InChI=1S/C19H19ClN4O/c1-19(2,3)14-10-8-13(9-11-14)17(25)12-24-22-18(21-23-24)15-6-4-5-7-16(15)20/h4-11H,12H2,1-3H3. The van der Waals surface area contributed by atoms with Gasteiger partial charge in [0.25, 0.3) is 0 Å². The molecular weight excluding hydrogens is 336 g/mol. The molecule has 0 amide bonds. The molecule has 0 N–H and O–H groups in total. The summed E-state index contributed by atoms with van der Waals surface area (Å²) in [5.41, 5.74) is 2.56. The largest absolute Gasteiger partial charge is 0.292 e. The van der Waals surface area contributed by atoms with Gasteiger partial charge in [0.15, 0.2) is 5.78 Å². The summed E-state index contributed by atoms with van der Waals surface area (Å²) in [4.78, 5) is 13.7. The number of carbonyl (C=O) groups excluding carboxylic acids is 1. The number of carbonyl (C=O) groups is 1. The van der Waals surface area contributed by atoms with Gasteiger partial charge in [0.1, 0.15) is 6.54 Å². The van der Waals surface area contributed by atoms with Gasteiger partial charge in [-0.2, -0.15) is 4.80 Å². The first kappa shape index (κ1) is 17.3. The molecule has 5 nitrogen and oxygen atoms in total. The van der Waals surface area contributed by atoms with E-state index >= 15 is 0 Å². The Labute approximate surface area is 151 Å². The monoisotopic (exact) mass is 354 g/mol. The van der Waals surface area contributed by atoms with Crippen molar-refractivity contribution in [2.75, 3.05) is 0 Å². The highest BCUT2D eigenvalue weighted by Crippen LogP contribution is 2.24. The molecule has 0 aliphatic rings. The lowest BCUT2D eigenvalue weighted by molar-refractivity contribution is 0.0961. The van der Waals surface area contributed by atoms with Gasteiger partial charge < -0.3 is 0 Å². The lowest BCUT2D eigenvalue weighted by atomic mass is 9.86. The summed E-state index contributed by atoms with van der Waals surface area (Å²) in [6.45, 7) is 6.45. The van der Waals surface area contributed by atoms with Crippen molar-refractivity contribution >= 4 is 17.4 Å². The van der Waals surface area contributed by atoms with Crippen LogP contribution in [0.25, 0.3) is 11.4 Å². The molecule has 6 heteroatoms. The Hall–Kier alpha value is -2.53. The van der Waals surface area contributed by atoms with Crippen molar-refractivity contribution in [3.63, 3.8) is 0 Å². The van der Waals surface area contributed by atoms with Crippen LogP contribution in [0.4, 0.5) is 0 Å². The van der Waals surface area contributed by atoms with Gasteiger partial charge in [-0.25, -0.2) is 0 Å². The summed E-state index contributed by atoms with van der Waals surface area (Å²) in [6.07, 6.45) is 0. The Kier molecular flexibility index (Phi) is 4.68. The zero-order valence-electron chi connectivity index (χ0n) is 14.4. The van der Waals surface area contributed by atoms with Crippen molar-refractivity contribution in [3.8, 4) is 11.4 Å². The van der Waals surface area contributed by atoms with Gasteiger partial charge in [0.05, 0.1) is 5.02 Å². The maximum Gasteiger partial charge on any atom is 0.206 e. The van der Waals surface area contributed by atoms with E-state index in [1.165, 1.54) is 10.4 Å². The Bertz CT molecular complexity index is 894. The predicted octanol–water partition coefficient (Wildman–Crippen LogP) is 4.17. The van der Waals surface area contributed by atoms with Crippen molar-refractivity contribution < 1.29 is 4.79 Å². The molecule has 0 spiro atoms. The zero-order valence-corrected chi connectivity index (χ0v) is 15.2. The summed E-state index contributed by atoms with van der Waals surface area (Å²) < 4.78 is 0. The van der Waals surface area contributed by atoms with Crippen LogP contribution in [0.15, 0.2) is 48.5 Å². The third-order valence-electron chi connectivity index (χ3n) is 3.93. The number of halogens is 1. The van der Waals surface area contributed by atoms with Crippen molar-refractivity contribution in [3.05, 3.63) is 64.7 Å². The number of benzene rings is 2. The Morgan fingerprint density at radius 2 is 1.76 bits per heavy atom. The summed E-state index contributed by atoms with van der Waals surface area (Å²) in [7, 11) is 0. The van der Waals surface area contributed by atoms with Crippen LogP contribution in [0.1, 0.15) is 36.7 Å². The fraction of sp³-hybridized carbons (Fsp3) is 0.263. The Morgan fingerprint density at radius 3 is 2.40 bits per heavy atom. The number of aromatic nitrogens is 4. The van der Waals surface area contributed by atoms with Crippen molar-refractivity contribution in [1.29, 1.82) is 0 Å². The molecule has 0 fully saturated rings. The van der Waals surface area contributed by atoms with E-state index < -0.39 is 0 Å². The van der Waals surface area contributed by atoms with Gasteiger partial charge in [-0.05, 0) is 28.3 Å². The molecule has 3 aromatic rings. The number of hydrogen-bond donors (Lipinski definition) is 0. The predicted molar refractivity (Wildman–Crippen MR) is 97.7 cm³/mol. The lowest BCUT2D eigenvalue weighted by Crippen LogP contribution is -2.14. The molecule has 0 saturated carbocycles. The van der Waals surface area contributed by atoms with Crippen LogP contribution in [0.3, 0.4) is 0 Å². The summed E-state index contributed by atoms with van der Waals surface area (Å²) in [5, 5.41) is 12.7. The minimum Gasteiger partial charge on any atom is -0.292 e. The summed E-state index contributed by atoms with van der Waals surface area (Å²) >= 11 is 6.14. The van der Waals surface area contributed by atoms with Gasteiger partial charge in [-0.1, -0.05) is 68.8 Å². The van der Waals surface area contributed by atoms with Crippen LogP contribution in [0.5, 0.6) is 0 Å². The maximum absolute atomic E-state index is 12.4. The van der Waals surface area contributed by atoms with E-state index in [1.807, 2.05) is 42.5 Å². The molecule has 1 heterocycles. The van der Waals surface area contributed by atoms with Crippen LogP contribution < -0.4 is 0 Å². The smallest absolute Gasteiger partial charge is 0.206 e. The summed E-state index contributed by atoms with van der Waals surface area (Å²) in [6, 6.07) is 14.9. The molecule has 0 aliphatic heterocycles. The molecule has 0 unspecified atom stereocenters. The first-order valence-corrected chi connectivity index (χ1v) is 8.39. The fourth-order valence-corrected chi connectivity index (χ4v) is 2.66. The molecule has 25 heavy (non-hydrogen) atoms. The second-order valence-corrected chi connectivity index (χ2v) is 7.28. The van der Waals surface area contributed by atoms with Crippen LogP contribution in [-0.2, 0) is 12.0 Å². The van der Waals surface area contributed by atoms with Gasteiger partial charge in [-0.15, -0.1) is 10.2 Å². The molecule has 3 rings (SSSR count). The van der Waals surface area contributed by atoms with E-state index in [0.717, 1.165) is 0 Å². The minimum atomic E-state index is -0.0661. The lowest BCUT2D eigenvalue weighted by Gasteiger charge is -2.18. The van der Waals surface area contributed by atoms with Gasteiger partial charge in [0, 0.05) is 11.1 Å². The SMILES string of the molecule is CC(C)(C)c1ccc(C(=O)Cn2nnc(-c3ccccc3Cl)n2)cc1. The first-order chi connectivity index (χ1) is 11.8. The van der Waals surface area contributed by atoms with E-state index in [1.54, 1.807) is 6.07 Å². The maximum atomic E-state index is 12.4. The molecule has 0 radical (unpaired) electrons. The molecule has 0 aliphatic carbocycles. The second-order valence-electron chi connectivity index (χ2n) is 6.87. The van der Waals surface area contributed by atoms with Gasteiger partial charge in [0.2, 0.25) is 5.82 Å². The minimum absolute atomic E-state index is 0.0340. The molecule has 1 aromatic heterocycles. The number of tetrazole rings is 1. The number of nitrogens with zero attached hydrogens (tertiary/aromatic N) is 4. The van der Waals surface area contributed by atoms with Crippen LogP contribution in [0, 0.1) is 0 Å². The molecule has 128 valence electrons. The van der Waals surface area contributed by atoms with Crippen LogP contribution in [-0.4, -0.2) is 26.0 Å². The topological polar surface area (TPSA) is 60.7 Å². The molecular formula is C19H19ClN4O. The average molecular weight is 355 g/mol. The van der Waals surface area contributed by atoms with Crippen LogP contribution >= 0.6 is 11.6 Å². The van der Waals surface area contributed by atoms with Gasteiger partial charge in [-0.3, -0.25) is 4.79 Å². The van der Waals surface area contributed by atoms with Crippen LogP contribution in [0.2, 0.25) is 5.02 Å². The van der Waals surface area contributed by atoms with E-state index in [-0.39, 0.29) is 17.7 Å². The number of hydrogen-bond acceptors (Lipinski definition) is 4. The fourth-order valence-electron chi connectivity index (χ4n) is 2.44. The second kappa shape index (κ2) is 6.76. The molecule has 2 aromatic carbocycles. The number of rotatable bonds is 4. The number of ketones is 1. The molecule has 0 saturated heterocycles. The third-order valence-corrected chi connectivity index (χ3v) is 4.26. The molecule has 0 bridgehead atoms. The van der Waals surface area contributed by atoms with E-state index in [4.69, 9.17) is 11.6 Å². The average Bonchev–Trinajstić information content (AvgIpc) is 3.03. The molecule has 0 atom stereocenters. The summed E-state index contributed by atoms with van der Waals surface area (Å²) in [5.74, 6) is 0.338. The highest BCUT2D eigenvalue weighted by molar-refractivity contribution is 6.33. The van der Waals surface area contributed by atoms with Crippen molar-refractivity contribution in [2.45, 2.75) is 32.7 Å². The Balaban J connectivity index is 1.75. The first-order valence-electron chi connectivity index (χ1n) is 8.01.